The first-order chi connectivity index (χ1) is 13.4. The summed E-state index contributed by atoms with van der Waals surface area (Å²) in [6.45, 7) is -0.711. The van der Waals surface area contributed by atoms with Crippen molar-refractivity contribution in [1.82, 2.24) is 5.43 Å². The van der Waals surface area contributed by atoms with Crippen LogP contribution < -0.4 is 9.73 Å². The third kappa shape index (κ3) is 6.09. The quantitative estimate of drug-likeness (QED) is 0.516. The molecule has 0 heterocycles. The Balaban J connectivity index is 2.19. The third-order valence-electron chi connectivity index (χ3n) is 3.55. The van der Waals surface area contributed by atoms with E-state index in [4.69, 9.17) is 23.2 Å². The molecule has 0 aliphatic heterocycles. The van der Waals surface area contributed by atoms with E-state index in [0.717, 1.165) is 18.5 Å². The number of hydrogen-bond acceptors (Lipinski definition) is 4. The zero-order valence-corrected chi connectivity index (χ0v) is 17.1. The van der Waals surface area contributed by atoms with Gasteiger partial charge in [0.15, 0.2) is 0 Å². The Bertz CT molecular complexity index is 1040. The van der Waals surface area contributed by atoms with Crippen molar-refractivity contribution in [3.63, 3.8) is 0 Å². The van der Waals surface area contributed by atoms with Gasteiger partial charge in [0.1, 0.15) is 6.54 Å². The van der Waals surface area contributed by atoms with Crippen LogP contribution in [0, 0.1) is 0 Å². The molecule has 0 radical (unpaired) electrons. The summed E-state index contributed by atoms with van der Waals surface area (Å²) in [5.41, 5.74) is 0.778. The van der Waals surface area contributed by atoms with Crippen molar-refractivity contribution in [1.29, 1.82) is 0 Å². The molecule has 1 N–H and O–H groups in total. The van der Waals surface area contributed by atoms with Crippen LogP contribution in [0.15, 0.2) is 47.6 Å². The van der Waals surface area contributed by atoms with Crippen molar-refractivity contribution in [3.8, 4) is 0 Å². The van der Waals surface area contributed by atoms with Gasteiger partial charge in [-0.3, -0.25) is 9.10 Å². The highest BCUT2D eigenvalue weighted by atomic mass is 35.5. The molecule has 0 bridgehead atoms. The topological polar surface area (TPSA) is 78.8 Å². The first-order valence-electron chi connectivity index (χ1n) is 7.81. The van der Waals surface area contributed by atoms with E-state index in [1.54, 1.807) is 0 Å². The molecule has 6 nitrogen and oxygen atoms in total. The second-order valence-electron chi connectivity index (χ2n) is 5.72. The predicted molar refractivity (Wildman–Crippen MR) is 106 cm³/mol. The number of hydrazone groups is 1. The number of halogens is 5. The van der Waals surface area contributed by atoms with Gasteiger partial charge in [0.05, 0.1) is 33.8 Å². The summed E-state index contributed by atoms with van der Waals surface area (Å²) in [7, 11) is -3.93. The molecule has 2 aromatic carbocycles. The number of amides is 1. The standard InChI is InChI=1S/C17H14Cl2F3N3O3S/c1-29(27,28)25(14-8-4-7-13(18)16(14)19)10-15(26)24-23-9-11-5-2-3-6-12(11)17(20,21)22/h2-9H,10H2,1H3,(H,24,26)/b23-9-. The number of carbonyl (C=O) groups excluding carboxylic acids is 1. The lowest BCUT2D eigenvalue weighted by Gasteiger charge is -2.22. The molecule has 2 aromatic rings. The first kappa shape index (κ1) is 23.0. The van der Waals surface area contributed by atoms with Crippen molar-refractivity contribution in [2.24, 2.45) is 5.10 Å². The van der Waals surface area contributed by atoms with Crippen LogP contribution in [0.2, 0.25) is 10.0 Å². The minimum Gasteiger partial charge on any atom is -0.271 e. The number of nitrogens with one attached hydrogen (secondary N) is 1. The van der Waals surface area contributed by atoms with Gasteiger partial charge in [-0.2, -0.15) is 18.3 Å². The van der Waals surface area contributed by atoms with Gasteiger partial charge < -0.3 is 0 Å². The molecule has 2 rings (SSSR count). The van der Waals surface area contributed by atoms with E-state index >= 15 is 0 Å². The largest absolute Gasteiger partial charge is 0.417 e. The molecule has 0 aromatic heterocycles. The lowest BCUT2D eigenvalue weighted by molar-refractivity contribution is -0.137. The smallest absolute Gasteiger partial charge is 0.271 e. The van der Waals surface area contributed by atoms with Crippen LogP contribution in [0.25, 0.3) is 0 Å². The SMILES string of the molecule is CS(=O)(=O)N(CC(=O)N/N=C\c1ccccc1C(F)(F)F)c1cccc(Cl)c1Cl. The maximum absolute atomic E-state index is 12.9. The van der Waals surface area contributed by atoms with Crippen molar-refractivity contribution >= 4 is 51.0 Å². The Hall–Kier alpha value is -2.30. The van der Waals surface area contributed by atoms with Gasteiger partial charge in [0, 0.05) is 5.56 Å². The van der Waals surface area contributed by atoms with Crippen LogP contribution in [0.3, 0.4) is 0 Å². The maximum Gasteiger partial charge on any atom is 0.417 e. The van der Waals surface area contributed by atoms with E-state index < -0.39 is 34.2 Å². The van der Waals surface area contributed by atoms with Crippen LogP contribution in [0.5, 0.6) is 0 Å². The maximum atomic E-state index is 12.9. The Morgan fingerprint density at radius 2 is 1.83 bits per heavy atom. The molecule has 0 fully saturated rings. The van der Waals surface area contributed by atoms with Crippen molar-refractivity contribution in [3.05, 3.63) is 63.6 Å². The van der Waals surface area contributed by atoms with E-state index in [0.29, 0.717) is 4.31 Å². The summed E-state index contributed by atoms with van der Waals surface area (Å²) in [6.07, 6.45) is -2.92. The lowest BCUT2D eigenvalue weighted by atomic mass is 10.1. The molecule has 0 saturated heterocycles. The Morgan fingerprint density at radius 1 is 1.17 bits per heavy atom. The number of nitrogens with zero attached hydrogens (tertiary/aromatic N) is 2. The molecule has 0 unspecified atom stereocenters. The molecule has 12 heteroatoms. The lowest BCUT2D eigenvalue weighted by Crippen LogP contribution is -2.39. The van der Waals surface area contributed by atoms with Crippen molar-refractivity contribution < 1.29 is 26.4 Å². The van der Waals surface area contributed by atoms with Crippen molar-refractivity contribution in [2.75, 3.05) is 17.1 Å². The molecule has 0 aliphatic carbocycles. The molecule has 0 saturated carbocycles. The van der Waals surface area contributed by atoms with Crippen LogP contribution in [-0.4, -0.2) is 33.3 Å². The van der Waals surface area contributed by atoms with E-state index in [2.05, 4.69) is 5.10 Å². The van der Waals surface area contributed by atoms with Crippen molar-refractivity contribution in [2.45, 2.75) is 6.18 Å². The van der Waals surface area contributed by atoms with Crippen LogP contribution in [0.4, 0.5) is 18.9 Å². The molecule has 0 spiro atoms. The molecule has 156 valence electrons. The summed E-state index contributed by atoms with van der Waals surface area (Å²) in [4.78, 5) is 12.1. The summed E-state index contributed by atoms with van der Waals surface area (Å²) in [5, 5.41) is 3.49. The van der Waals surface area contributed by atoms with Gasteiger partial charge in [0.2, 0.25) is 10.0 Å². The zero-order valence-electron chi connectivity index (χ0n) is 14.7. The van der Waals surface area contributed by atoms with Gasteiger partial charge in [-0.25, -0.2) is 13.8 Å². The number of benzene rings is 2. The fourth-order valence-corrected chi connectivity index (χ4v) is 3.58. The van der Waals surface area contributed by atoms with Gasteiger partial charge in [-0.15, -0.1) is 0 Å². The Kier molecular flexibility index (Phi) is 7.15. The minimum absolute atomic E-state index is 0.0248. The molecule has 0 aliphatic rings. The van der Waals surface area contributed by atoms with Crippen LogP contribution in [-0.2, 0) is 21.0 Å². The van der Waals surface area contributed by atoms with E-state index in [9.17, 15) is 26.4 Å². The molecule has 29 heavy (non-hydrogen) atoms. The highest BCUT2D eigenvalue weighted by Crippen LogP contribution is 2.33. The highest BCUT2D eigenvalue weighted by Gasteiger charge is 2.32. The second-order valence-corrected chi connectivity index (χ2v) is 8.41. The van der Waals surface area contributed by atoms with E-state index in [1.807, 2.05) is 5.43 Å². The fraction of sp³-hybridized carbons (Fsp3) is 0.176. The fourth-order valence-electron chi connectivity index (χ4n) is 2.27. The Morgan fingerprint density at radius 3 is 2.45 bits per heavy atom. The van der Waals surface area contributed by atoms with Gasteiger partial charge >= 0.3 is 6.18 Å². The third-order valence-corrected chi connectivity index (χ3v) is 5.48. The van der Waals surface area contributed by atoms with Crippen LogP contribution >= 0.6 is 23.2 Å². The second kappa shape index (κ2) is 9.02. The number of alkyl halides is 3. The van der Waals surface area contributed by atoms with E-state index in [-0.39, 0.29) is 21.3 Å². The van der Waals surface area contributed by atoms with Crippen LogP contribution in [0.1, 0.15) is 11.1 Å². The highest BCUT2D eigenvalue weighted by molar-refractivity contribution is 7.92. The average Bonchev–Trinajstić information content (AvgIpc) is 2.61. The van der Waals surface area contributed by atoms with Gasteiger partial charge in [0.25, 0.3) is 5.91 Å². The summed E-state index contributed by atoms with van der Waals surface area (Å²) < 4.78 is 63.7. The zero-order chi connectivity index (χ0) is 21.8. The summed E-state index contributed by atoms with van der Waals surface area (Å²) in [6, 6.07) is 8.89. The molecular weight excluding hydrogens is 454 g/mol. The normalized spacial score (nSPS) is 12.2. The first-order valence-corrected chi connectivity index (χ1v) is 10.4. The Labute approximate surface area is 175 Å². The average molecular weight is 468 g/mol. The monoisotopic (exact) mass is 467 g/mol. The summed E-state index contributed by atoms with van der Waals surface area (Å²) >= 11 is 11.9. The number of carbonyl (C=O) groups is 1. The molecular formula is C17H14Cl2F3N3O3S. The number of rotatable bonds is 6. The molecule has 1 amide bonds. The summed E-state index contributed by atoms with van der Waals surface area (Å²) in [5.74, 6) is -0.896. The van der Waals surface area contributed by atoms with E-state index in [1.165, 1.54) is 36.4 Å². The van der Waals surface area contributed by atoms with Gasteiger partial charge in [-0.1, -0.05) is 47.5 Å². The van der Waals surface area contributed by atoms with Gasteiger partial charge in [-0.05, 0) is 18.2 Å². The number of hydrogen-bond donors (Lipinski definition) is 1. The number of anilines is 1. The predicted octanol–water partition coefficient (Wildman–Crippen LogP) is 3.93. The molecule has 0 atom stereocenters. The number of sulfonamides is 1. The minimum atomic E-state index is -4.59.